The highest BCUT2D eigenvalue weighted by atomic mass is 35.5. The molecule has 0 spiro atoms. The molecule has 0 aliphatic carbocycles. The number of anilines is 1. The molecule has 1 amide bonds. The lowest BCUT2D eigenvalue weighted by atomic mass is 10.2. The van der Waals surface area contributed by atoms with Gasteiger partial charge in [-0.2, -0.15) is 0 Å². The molecule has 1 rings (SSSR count). The number of halogens is 2. The smallest absolute Gasteiger partial charge is 0.241 e. The second kappa shape index (κ2) is 8.28. The summed E-state index contributed by atoms with van der Waals surface area (Å²) in [4.78, 5) is 13.2. The average Bonchev–Trinajstić information content (AvgIpc) is 2.43. The van der Waals surface area contributed by atoms with E-state index in [9.17, 15) is 4.79 Å². The molecule has 1 aromatic carbocycles. The Morgan fingerprint density at radius 2 is 2.05 bits per heavy atom. The Kier molecular flexibility index (Phi) is 7.03. The van der Waals surface area contributed by atoms with Crippen LogP contribution in [0.2, 0.25) is 0 Å². The van der Waals surface area contributed by atoms with Crippen molar-refractivity contribution >= 4 is 34.8 Å². The number of rotatable bonds is 7. The third-order valence-corrected chi connectivity index (χ3v) is 3.25. The second-order valence-corrected chi connectivity index (χ2v) is 4.95. The fourth-order valence-electron chi connectivity index (χ4n) is 1.61. The Morgan fingerprint density at radius 3 is 2.68 bits per heavy atom. The summed E-state index contributed by atoms with van der Waals surface area (Å²) in [6.45, 7) is 2.56. The molecule has 0 aliphatic heterocycles. The number of carbonyl (C=O) groups excluding carboxylic acids is 1. The summed E-state index contributed by atoms with van der Waals surface area (Å²) >= 11 is 11.2. The quantitative estimate of drug-likeness (QED) is 0.569. The number of ether oxygens (including phenoxy) is 1. The molecule has 5 heteroatoms. The first-order valence-corrected chi connectivity index (χ1v) is 7.29. The van der Waals surface area contributed by atoms with E-state index in [1.807, 2.05) is 25.1 Å². The summed E-state index contributed by atoms with van der Waals surface area (Å²) in [6, 6.07) is 5.75. The van der Waals surface area contributed by atoms with E-state index in [4.69, 9.17) is 27.9 Å². The number of amides is 1. The molecule has 106 valence electrons. The lowest BCUT2D eigenvalue weighted by molar-refractivity contribution is -0.116. The molecule has 3 nitrogen and oxygen atoms in total. The van der Waals surface area contributed by atoms with Crippen LogP contribution in [0, 0.1) is 6.92 Å². The predicted octanol–water partition coefficient (Wildman–Crippen LogP) is 3.59. The molecule has 0 aliphatic rings. The number of unbranched alkanes of at least 4 members (excludes halogenated alkanes) is 1. The molecule has 0 saturated heterocycles. The van der Waals surface area contributed by atoms with Crippen molar-refractivity contribution in [3.8, 4) is 5.75 Å². The van der Waals surface area contributed by atoms with Gasteiger partial charge in [0.25, 0.3) is 0 Å². The van der Waals surface area contributed by atoms with Gasteiger partial charge in [0, 0.05) is 12.9 Å². The van der Waals surface area contributed by atoms with E-state index in [1.165, 1.54) is 4.90 Å². The van der Waals surface area contributed by atoms with E-state index in [1.54, 1.807) is 7.05 Å². The Bertz CT molecular complexity index is 424. The van der Waals surface area contributed by atoms with Crippen LogP contribution in [-0.4, -0.2) is 31.3 Å². The highest BCUT2D eigenvalue weighted by molar-refractivity contribution is 6.29. The van der Waals surface area contributed by atoms with Crippen LogP contribution in [0.1, 0.15) is 18.4 Å². The number of nitrogens with zero attached hydrogens (tertiary/aromatic N) is 1. The minimum atomic E-state index is -0.155. The van der Waals surface area contributed by atoms with E-state index >= 15 is 0 Å². The molecule has 0 fully saturated rings. The van der Waals surface area contributed by atoms with Crippen LogP contribution < -0.4 is 9.64 Å². The van der Waals surface area contributed by atoms with Gasteiger partial charge in [0.15, 0.2) is 0 Å². The molecule has 0 heterocycles. The molecule has 19 heavy (non-hydrogen) atoms. The van der Waals surface area contributed by atoms with Gasteiger partial charge in [0.2, 0.25) is 5.91 Å². The minimum Gasteiger partial charge on any atom is -0.491 e. The van der Waals surface area contributed by atoms with Crippen LogP contribution in [0.15, 0.2) is 18.2 Å². The van der Waals surface area contributed by atoms with Crippen molar-refractivity contribution in [3.05, 3.63) is 23.8 Å². The second-order valence-electron chi connectivity index (χ2n) is 4.30. The lowest BCUT2D eigenvalue weighted by Crippen LogP contribution is -2.27. The van der Waals surface area contributed by atoms with Crippen LogP contribution >= 0.6 is 23.2 Å². The maximum Gasteiger partial charge on any atom is 0.241 e. The third kappa shape index (κ3) is 4.92. The number of carbonyl (C=O) groups is 1. The highest BCUT2D eigenvalue weighted by Gasteiger charge is 2.14. The molecule has 0 atom stereocenters. The zero-order chi connectivity index (χ0) is 14.3. The summed E-state index contributed by atoms with van der Waals surface area (Å²) in [5.41, 5.74) is 1.81. The van der Waals surface area contributed by atoms with E-state index in [0.717, 1.165) is 24.1 Å². The van der Waals surface area contributed by atoms with Crippen molar-refractivity contribution in [2.75, 3.05) is 30.3 Å². The normalized spacial score (nSPS) is 10.3. The standard InChI is InChI=1S/C14H19Cl2NO2/c1-11-5-6-13(19-8-4-3-7-15)12(9-11)17(2)14(18)10-16/h5-6,9H,3-4,7-8,10H2,1-2H3. The zero-order valence-electron chi connectivity index (χ0n) is 11.3. The van der Waals surface area contributed by atoms with Crippen LogP contribution in [0.5, 0.6) is 5.75 Å². The molecule has 0 saturated carbocycles. The molecule has 0 bridgehead atoms. The minimum absolute atomic E-state index is 0.0455. The number of hydrogen-bond donors (Lipinski definition) is 0. The van der Waals surface area contributed by atoms with Crippen LogP contribution in [0.25, 0.3) is 0 Å². The third-order valence-electron chi connectivity index (χ3n) is 2.75. The van der Waals surface area contributed by atoms with Gasteiger partial charge >= 0.3 is 0 Å². The molecular weight excluding hydrogens is 285 g/mol. The summed E-state index contributed by atoms with van der Waals surface area (Å²) in [7, 11) is 1.70. The van der Waals surface area contributed by atoms with Gasteiger partial charge in [-0.25, -0.2) is 0 Å². The van der Waals surface area contributed by atoms with Crippen LogP contribution in [-0.2, 0) is 4.79 Å². The summed E-state index contributed by atoms with van der Waals surface area (Å²) < 4.78 is 5.71. The van der Waals surface area contributed by atoms with Gasteiger partial charge in [-0.05, 0) is 37.5 Å². The summed E-state index contributed by atoms with van der Waals surface area (Å²) in [5, 5.41) is 0. The fourth-order valence-corrected chi connectivity index (χ4v) is 1.98. The predicted molar refractivity (Wildman–Crippen MR) is 80.8 cm³/mol. The Balaban J connectivity index is 2.82. The lowest BCUT2D eigenvalue weighted by Gasteiger charge is -2.20. The Hall–Kier alpha value is -0.930. The molecule has 1 aromatic rings. The molecule has 0 unspecified atom stereocenters. The Morgan fingerprint density at radius 1 is 1.32 bits per heavy atom. The van der Waals surface area contributed by atoms with E-state index in [2.05, 4.69) is 0 Å². The summed E-state index contributed by atoms with van der Waals surface area (Å²) in [6.07, 6.45) is 1.81. The highest BCUT2D eigenvalue weighted by Crippen LogP contribution is 2.29. The van der Waals surface area contributed by atoms with Gasteiger partial charge < -0.3 is 9.64 Å². The van der Waals surface area contributed by atoms with Crippen molar-refractivity contribution < 1.29 is 9.53 Å². The molecule has 0 N–H and O–H groups in total. The topological polar surface area (TPSA) is 29.5 Å². The number of aryl methyl sites for hydroxylation is 1. The first-order valence-electron chi connectivity index (χ1n) is 6.22. The van der Waals surface area contributed by atoms with E-state index < -0.39 is 0 Å². The van der Waals surface area contributed by atoms with Crippen molar-refractivity contribution in [1.82, 2.24) is 0 Å². The number of benzene rings is 1. The number of hydrogen-bond acceptors (Lipinski definition) is 2. The van der Waals surface area contributed by atoms with Crippen molar-refractivity contribution in [1.29, 1.82) is 0 Å². The van der Waals surface area contributed by atoms with Gasteiger partial charge in [-0.15, -0.1) is 23.2 Å². The van der Waals surface area contributed by atoms with Crippen LogP contribution in [0.3, 0.4) is 0 Å². The number of alkyl halides is 2. The molecule has 0 aromatic heterocycles. The van der Waals surface area contributed by atoms with Gasteiger partial charge in [-0.3, -0.25) is 4.79 Å². The molecular formula is C14H19Cl2NO2. The molecule has 0 radical (unpaired) electrons. The largest absolute Gasteiger partial charge is 0.491 e. The van der Waals surface area contributed by atoms with Gasteiger partial charge in [0.1, 0.15) is 11.6 Å². The van der Waals surface area contributed by atoms with E-state index in [-0.39, 0.29) is 11.8 Å². The maximum absolute atomic E-state index is 11.7. The Labute approximate surface area is 124 Å². The first kappa shape index (κ1) is 16.1. The van der Waals surface area contributed by atoms with Gasteiger partial charge in [0.05, 0.1) is 12.3 Å². The zero-order valence-corrected chi connectivity index (χ0v) is 12.8. The van der Waals surface area contributed by atoms with Crippen molar-refractivity contribution in [3.63, 3.8) is 0 Å². The maximum atomic E-state index is 11.7. The summed E-state index contributed by atoms with van der Waals surface area (Å²) in [5.74, 6) is 1.13. The van der Waals surface area contributed by atoms with Crippen molar-refractivity contribution in [2.24, 2.45) is 0 Å². The average molecular weight is 304 g/mol. The van der Waals surface area contributed by atoms with E-state index in [0.29, 0.717) is 18.2 Å². The first-order chi connectivity index (χ1) is 9.10. The van der Waals surface area contributed by atoms with Gasteiger partial charge in [-0.1, -0.05) is 6.07 Å². The fraction of sp³-hybridized carbons (Fsp3) is 0.500. The van der Waals surface area contributed by atoms with Crippen LogP contribution in [0.4, 0.5) is 5.69 Å². The monoisotopic (exact) mass is 303 g/mol. The van der Waals surface area contributed by atoms with Crippen molar-refractivity contribution in [2.45, 2.75) is 19.8 Å². The SMILES string of the molecule is Cc1ccc(OCCCCCl)c(N(C)C(=O)CCl)c1.